The van der Waals surface area contributed by atoms with Crippen molar-refractivity contribution in [1.29, 1.82) is 0 Å². The molecule has 9 heteroatoms. The van der Waals surface area contributed by atoms with E-state index in [0.717, 1.165) is 0 Å². The van der Waals surface area contributed by atoms with Gasteiger partial charge in [0.25, 0.3) is 0 Å². The van der Waals surface area contributed by atoms with Crippen LogP contribution in [0, 0.1) is 11.8 Å². The molecule has 2 aliphatic rings. The number of carboxylic acid groups (broad SMARTS) is 1. The van der Waals surface area contributed by atoms with Crippen LogP contribution in [0.1, 0.15) is 19.3 Å². The molecule has 2 N–H and O–H groups in total. The van der Waals surface area contributed by atoms with Gasteiger partial charge in [0, 0.05) is 13.1 Å². The summed E-state index contributed by atoms with van der Waals surface area (Å²) in [7, 11) is 0. The minimum Gasteiger partial charge on any atom is -0.481 e. The maximum atomic E-state index is 12.5. The first-order valence-corrected chi connectivity index (χ1v) is 6.59. The summed E-state index contributed by atoms with van der Waals surface area (Å²) in [5.41, 5.74) is 0. The van der Waals surface area contributed by atoms with Crippen molar-refractivity contribution >= 4 is 17.8 Å². The van der Waals surface area contributed by atoms with E-state index in [0.29, 0.717) is 6.42 Å². The van der Waals surface area contributed by atoms with Gasteiger partial charge in [-0.25, -0.2) is 0 Å². The fourth-order valence-electron chi connectivity index (χ4n) is 2.67. The van der Waals surface area contributed by atoms with Gasteiger partial charge in [0.2, 0.25) is 11.8 Å². The van der Waals surface area contributed by atoms with Crippen LogP contribution in [-0.2, 0) is 14.4 Å². The lowest BCUT2D eigenvalue weighted by Gasteiger charge is -2.31. The largest absolute Gasteiger partial charge is 0.481 e. The zero-order valence-electron chi connectivity index (χ0n) is 11.0. The van der Waals surface area contributed by atoms with Crippen LogP contribution >= 0.6 is 0 Å². The number of hydrogen-bond donors (Lipinski definition) is 2. The van der Waals surface area contributed by atoms with E-state index in [1.54, 1.807) is 0 Å². The smallest absolute Gasteiger partial charge is 0.408 e. The molecule has 2 saturated heterocycles. The maximum absolute atomic E-state index is 12.5. The van der Waals surface area contributed by atoms with Crippen molar-refractivity contribution in [3.8, 4) is 0 Å². The third-order valence-corrected chi connectivity index (χ3v) is 3.92. The Balaban J connectivity index is 1.96. The molecule has 2 fully saturated rings. The average Bonchev–Trinajstić information content (AvgIpc) is 2.86. The number of carboxylic acids is 1. The summed E-state index contributed by atoms with van der Waals surface area (Å²) in [6, 6.07) is -1.92. The Labute approximate surface area is 118 Å². The first kappa shape index (κ1) is 15.6. The number of likely N-dealkylation sites (tertiary alicyclic amines) is 1. The highest BCUT2D eigenvalue weighted by molar-refractivity contribution is 6.01. The minimum atomic E-state index is -4.52. The van der Waals surface area contributed by atoms with Crippen molar-refractivity contribution < 1.29 is 32.7 Å². The predicted molar refractivity (Wildman–Crippen MR) is 63.0 cm³/mol. The molecule has 0 spiro atoms. The second-order valence-corrected chi connectivity index (χ2v) is 5.34. The van der Waals surface area contributed by atoms with Crippen LogP contribution in [0.2, 0.25) is 0 Å². The van der Waals surface area contributed by atoms with Crippen molar-refractivity contribution in [2.45, 2.75) is 31.5 Å². The van der Waals surface area contributed by atoms with E-state index in [1.807, 2.05) is 5.32 Å². The lowest BCUT2D eigenvalue weighted by molar-refractivity contribution is -0.172. The van der Waals surface area contributed by atoms with E-state index < -0.39 is 41.8 Å². The first-order chi connectivity index (χ1) is 9.70. The number of alkyl halides is 3. The SMILES string of the molecule is O=C(O)[C@@H]1CCN(C(=O)[C@H]2CC[C@H](C(F)(F)F)NC2=O)C1. The van der Waals surface area contributed by atoms with Gasteiger partial charge in [-0.15, -0.1) is 0 Å². The Bertz CT molecular complexity index is 466. The topological polar surface area (TPSA) is 86.7 Å². The molecule has 0 unspecified atom stereocenters. The second kappa shape index (κ2) is 5.53. The Kier molecular flexibility index (Phi) is 4.11. The number of rotatable bonds is 2. The van der Waals surface area contributed by atoms with Crippen LogP contribution in [0.25, 0.3) is 0 Å². The molecule has 6 nitrogen and oxygen atoms in total. The summed E-state index contributed by atoms with van der Waals surface area (Å²) < 4.78 is 37.5. The molecule has 0 aromatic rings. The quantitative estimate of drug-likeness (QED) is 0.722. The molecular weight excluding hydrogens is 293 g/mol. The number of halogens is 3. The highest BCUT2D eigenvalue weighted by Gasteiger charge is 2.47. The molecular formula is C12H15F3N2O4. The Morgan fingerprint density at radius 2 is 1.90 bits per heavy atom. The molecule has 0 radical (unpaired) electrons. The lowest BCUT2D eigenvalue weighted by Crippen LogP contribution is -2.54. The fourth-order valence-corrected chi connectivity index (χ4v) is 2.67. The van der Waals surface area contributed by atoms with Crippen LogP contribution in [0.15, 0.2) is 0 Å². The number of amides is 2. The van der Waals surface area contributed by atoms with Crippen molar-refractivity contribution in [2.75, 3.05) is 13.1 Å². The van der Waals surface area contributed by atoms with E-state index in [1.165, 1.54) is 4.90 Å². The average molecular weight is 308 g/mol. The van der Waals surface area contributed by atoms with Gasteiger partial charge in [-0.05, 0) is 19.3 Å². The monoisotopic (exact) mass is 308 g/mol. The Morgan fingerprint density at radius 1 is 1.24 bits per heavy atom. The third kappa shape index (κ3) is 3.27. The fraction of sp³-hybridized carbons (Fsp3) is 0.750. The number of nitrogens with one attached hydrogen (secondary N) is 1. The third-order valence-electron chi connectivity index (χ3n) is 3.92. The van der Waals surface area contributed by atoms with Gasteiger partial charge in [-0.2, -0.15) is 13.2 Å². The Morgan fingerprint density at radius 3 is 2.38 bits per heavy atom. The zero-order chi connectivity index (χ0) is 15.8. The standard InChI is InChI=1S/C12H15F3N2O4/c13-12(14,15)8-2-1-7(9(18)16-8)10(19)17-4-3-6(5-17)11(20)21/h6-8H,1-5H2,(H,16,18)(H,20,21)/t6-,7+,8-/m1/s1. The van der Waals surface area contributed by atoms with Crippen LogP contribution < -0.4 is 5.32 Å². The van der Waals surface area contributed by atoms with E-state index in [4.69, 9.17) is 5.11 Å². The van der Waals surface area contributed by atoms with Crippen molar-refractivity contribution in [3.63, 3.8) is 0 Å². The molecule has 0 aromatic carbocycles. The van der Waals surface area contributed by atoms with Crippen molar-refractivity contribution in [1.82, 2.24) is 10.2 Å². The zero-order valence-corrected chi connectivity index (χ0v) is 11.0. The summed E-state index contributed by atoms with van der Waals surface area (Å²) in [6.07, 6.45) is -4.75. The molecule has 2 amide bonds. The van der Waals surface area contributed by atoms with E-state index >= 15 is 0 Å². The van der Waals surface area contributed by atoms with Gasteiger partial charge < -0.3 is 15.3 Å². The maximum Gasteiger partial charge on any atom is 0.408 e. The van der Waals surface area contributed by atoms with Gasteiger partial charge in [-0.3, -0.25) is 14.4 Å². The predicted octanol–water partition coefficient (Wildman–Crippen LogP) is 0.377. The number of nitrogens with zero attached hydrogens (tertiary/aromatic N) is 1. The molecule has 21 heavy (non-hydrogen) atoms. The van der Waals surface area contributed by atoms with Gasteiger partial charge >= 0.3 is 12.1 Å². The van der Waals surface area contributed by atoms with E-state index in [2.05, 4.69) is 0 Å². The summed E-state index contributed by atoms with van der Waals surface area (Å²) >= 11 is 0. The number of hydrogen-bond acceptors (Lipinski definition) is 3. The van der Waals surface area contributed by atoms with Gasteiger partial charge in [0.15, 0.2) is 0 Å². The summed E-state index contributed by atoms with van der Waals surface area (Å²) in [5, 5.41) is 10.7. The molecule has 0 saturated carbocycles. The molecule has 118 valence electrons. The second-order valence-electron chi connectivity index (χ2n) is 5.34. The van der Waals surface area contributed by atoms with Crippen LogP contribution in [0.5, 0.6) is 0 Å². The van der Waals surface area contributed by atoms with Crippen LogP contribution in [0.3, 0.4) is 0 Å². The van der Waals surface area contributed by atoms with E-state index in [-0.39, 0.29) is 25.9 Å². The summed E-state index contributed by atoms with van der Waals surface area (Å²) in [4.78, 5) is 35.9. The van der Waals surface area contributed by atoms with Crippen LogP contribution in [-0.4, -0.2) is 53.1 Å². The molecule has 0 aliphatic carbocycles. The Hall–Kier alpha value is -1.80. The molecule has 0 aromatic heterocycles. The number of carbonyl (C=O) groups is 3. The highest BCUT2D eigenvalue weighted by atomic mass is 19.4. The van der Waals surface area contributed by atoms with Crippen molar-refractivity contribution in [2.24, 2.45) is 11.8 Å². The number of aliphatic carboxylic acids is 1. The number of piperidine rings is 1. The molecule has 0 bridgehead atoms. The number of carbonyl (C=O) groups excluding carboxylic acids is 2. The van der Waals surface area contributed by atoms with Gasteiger partial charge in [0.1, 0.15) is 12.0 Å². The van der Waals surface area contributed by atoms with Crippen molar-refractivity contribution in [3.05, 3.63) is 0 Å². The van der Waals surface area contributed by atoms with Gasteiger partial charge in [-0.1, -0.05) is 0 Å². The van der Waals surface area contributed by atoms with Gasteiger partial charge in [0.05, 0.1) is 5.92 Å². The lowest BCUT2D eigenvalue weighted by atomic mass is 9.92. The summed E-state index contributed by atoms with van der Waals surface area (Å²) in [6.45, 7) is 0.211. The molecule has 2 rings (SSSR count). The minimum absolute atomic E-state index is 0.000641. The molecule has 2 heterocycles. The molecule has 2 aliphatic heterocycles. The highest BCUT2D eigenvalue weighted by Crippen LogP contribution is 2.30. The van der Waals surface area contributed by atoms with Crippen LogP contribution in [0.4, 0.5) is 13.2 Å². The normalized spacial score (nSPS) is 30.1. The van der Waals surface area contributed by atoms with E-state index in [9.17, 15) is 27.6 Å². The summed E-state index contributed by atoms with van der Waals surface area (Å²) in [5.74, 6) is -4.38. The molecule has 3 atom stereocenters. The first-order valence-electron chi connectivity index (χ1n) is 6.59.